The third-order valence-corrected chi connectivity index (χ3v) is 7.33. The molecule has 2 amide bonds. The van der Waals surface area contributed by atoms with Crippen LogP contribution in [0.1, 0.15) is 53.2 Å². The van der Waals surface area contributed by atoms with E-state index in [-0.39, 0.29) is 11.8 Å². The maximum atomic E-state index is 13.1. The van der Waals surface area contributed by atoms with Gasteiger partial charge in [0.25, 0.3) is 5.91 Å². The highest BCUT2D eigenvalue weighted by Gasteiger charge is 2.27. The molecule has 1 aliphatic rings. The number of anilines is 2. The van der Waals surface area contributed by atoms with Crippen molar-refractivity contribution in [1.29, 1.82) is 0 Å². The van der Waals surface area contributed by atoms with Crippen LogP contribution >= 0.6 is 22.9 Å². The summed E-state index contributed by atoms with van der Waals surface area (Å²) in [5.41, 5.74) is 1.52. The number of nitrogens with zero attached hydrogens (tertiary/aromatic N) is 4. The molecule has 10 heteroatoms. The molecule has 1 unspecified atom stereocenters. The van der Waals surface area contributed by atoms with Gasteiger partial charge in [0.1, 0.15) is 15.9 Å². The van der Waals surface area contributed by atoms with Gasteiger partial charge in [0.2, 0.25) is 5.91 Å². The van der Waals surface area contributed by atoms with E-state index < -0.39 is 6.04 Å². The largest absolute Gasteiger partial charge is 0.367 e. The van der Waals surface area contributed by atoms with Gasteiger partial charge in [0.05, 0.1) is 29.6 Å². The number of pyridine rings is 2. The number of amides is 2. The highest BCUT2D eigenvalue weighted by atomic mass is 35.5. The van der Waals surface area contributed by atoms with Gasteiger partial charge in [-0.3, -0.25) is 19.6 Å². The number of halogens is 1. The second kappa shape index (κ2) is 12.1. The number of rotatable bonds is 9. The quantitative estimate of drug-likeness (QED) is 0.421. The van der Waals surface area contributed by atoms with Crippen LogP contribution in [0.3, 0.4) is 0 Å². The first kappa shape index (κ1) is 25.1. The lowest BCUT2D eigenvalue weighted by Crippen LogP contribution is -2.45. The Hall–Kier alpha value is -3.04. The molecular weight excluding hydrogens is 484 g/mol. The number of carbonyl (C=O) groups excluding carboxylic acids is 2. The van der Waals surface area contributed by atoms with Crippen molar-refractivity contribution in [3.8, 4) is 0 Å². The van der Waals surface area contributed by atoms with Gasteiger partial charge in [0.15, 0.2) is 0 Å². The molecule has 1 atom stereocenters. The summed E-state index contributed by atoms with van der Waals surface area (Å²) in [6, 6.07) is 4.68. The van der Waals surface area contributed by atoms with Gasteiger partial charge in [-0.2, -0.15) is 0 Å². The number of thiazole rings is 1. The van der Waals surface area contributed by atoms with Gasteiger partial charge in [-0.05, 0) is 30.5 Å². The van der Waals surface area contributed by atoms with E-state index in [0.717, 1.165) is 23.5 Å². The number of carbonyl (C=O) groups is 2. The Kier molecular flexibility index (Phi) is 8.65. The molecule has 1 aliphatic carbocycles. The van der Waals surface area contributed by atoms with E-state index in [0.29, 0.717) is 34.5 Å². The van der Waals surface area contributed by atoms with E-state index in [2.05, 4.69) is 25.6 Å². The second-order valence-electron chi connectivity index (χ2n) is 8.83. The van der Waals surface area contributed by atoms with Crippen LogP contribution in [0.5, 0.6) is 0 Å². The molecule has 0 saturated heterocycles. The van der Waals surface area contributed by atoms with Crippen LogP contribution in [-0.2, 0) is 11.3 Å². The number of aromatic nitrogens is 3. The summed E-state index contributed by atoms with van der Waals surface area (Å²) in [5.74, 6) is -0.0752. The van der Waals surface area contributed by atoms with Crippen molar-refractivity contribution in [2.24, 2.45) is 5.92 Å². The molecule has 1 saturated carbocycles. The molecule has 8 nitrogen and oxygen atoms in total. The van der Waals surface area contributed by atoms with Crippen molar-refractivity contribution in [1.82, 2.24) is 20.3 Å². The third kappa shape index (κ3) is 7.22. The minimum absolute atomic E-state index is 0.215. The van der Waals surface area contributed by atoms with E-state index in [1.807, 2.05) is 18.0 Å². The van der Waals surface area contributed by atoms with Gasteiger partial charge in [0, 0.05) is 31.3 Å². The van der Waals surface area contributed by atoms with Crippen LogP contribution in [0.25, 0.3) is 0 Å². The average molecular weight is 513 g/mol. The normalized spacial score (nSPS) is 14.8. The predicted octanol–water partition coefficient (Wildman–Crippen LogP) is 4.93. The molecule has 3 aromatic rings. The monoisotopic (exact) mass is 512 g/mol. The van der Waals surface area contributed by atoms with Gasteiger partial charge in [-0.1, -0.05) is 43.7 Å². The Bertz CT molecular complexity index is 1140. The van der Waals surface area contributed by atoms with Crippen LogP contribution in [0, 0.1) is 5.92 Å². The minimum atomic E-state index is -0.621. The summed E-state index contributed by atoms with van der Waals surface area (Å²) in [4.78, 5) is 41.2. The molecular formula is C25H29ClN6O2S. The maximum Gasteiger partial charge on any atom is 0.263 e. The first-order chi connectivity index (χ1) is 17.0. The summed E-state index contributed by atoms with van der Waals surface area (Å²) >= 11 is 7.36. The molecule has 0 aliphatic heterocycles. The standard InChI is InChI=1S/C25H29ClN6O2S/c1-32(20-12-18(26)13-28-14-20)16-23-29-15-22(35-23)25(34)31-21(11-17-5-3-2-4-6-17)24(33)30-19-7-9-27-10-8-19/h7-10,12-15,17,21H,2-6,11,16H2,1H3,(H,31,34)(H,27,30,33). The van der Waals surface area contributed by atoms with Gasteiger partial charge in [-0.15, -0.1) is 11.3 Å². The molecule has 2 N–H and O–H groups in total. The van der Waals surface area contributed by atoms with Crippen LogP contribution in [0.4, 0.5) is 11.4 Å². The molecule has 0 radical (unpaired) electrons. The van der Waals surface area contributed by atoms with Crippen LogP contribution < -0.4 is 15.5 Å². The first-order valence-electron chi connectivity index (χ1n) is 11.8. The summed E-state index contributed by atoms with van der Waals surface area (Å²) < 4.78 is 0. The minimum Gasteiger partial charge on any atom is -0.367 e. The molecule has 0 spiro atoms. The van der Waals surface area contributed by atoms with Crippen LogP contribution in [0.15, 0.2) is 49.2 Å². The number of hydrogen-bond donors (Lipinski definition) is 2. The first-order valence-corrected chi connectivity index (χ1v) is 13.0. The smallest absolute Gasteiger partial charge is 0.263 e. The number of hydrogen-bond acceptors (Lipinski definition) is 7. The van der Waals surface area contributed by atoms with E-state index in [4.69, 9.17) is 11.6 Å². The molecule has 3 aromatic heterocycles. The van der Waals surface area contributed by atoms with Gasteiger partial charge >= 0.3 is 0 Å². The summed E-state index contributed by atoms with van der Waals surface area (Å²) in [6.45, 7) is 0.508. The molecule has 0 bridgehead atoms. The predicted molar refractivity (Wildman–Crippen MR) is 139 cm³/mol. The topological polar surface area (TPSA) is 100 Å². The Labute approximate surface area is 214 Å². The molecule has 35 heavy (non-hydrogen) atoms. The average Bonchev–Trinajstić information content (AvgIpc) is 3.33. The fourth-order valence-electron chi connectivity index (χ4n) is 4.27. The highest BCUT2D eigenvalue weighted by molar-refractivity contribution is 7.13. The van der Waals surface area contributed by atoms with E-state index in [1.54, 1.807) is 43.1 Å². The van der Waals surface area contributed by atoms with E-state index >= 15 is 0 Å². The molecule has 184 valence electrons. The zero-order valence-electron chi connectivity index (χ0n) is 19.6. The molecule has 1 fully saturated rings. The van der Waals surface area contributed by atoms with E-state index in [9.17, 15) is 9.59 Å². The van der Waals surface area contributed by atoms with Crippen molar-refractivity contribution in [2.45, 2.75) is 51.1 Å². The summed E-state index contributed by atoms with van der Waals surface area (Å²) in [6.07, 6.45) is 14.5. The van der Waals surface area contributed by atoms with Crippen LogP contribution in [-0.4, -0.2) is 39.9 Å². The van der Waals surface area contributed by atoms with Crippen molar-refractivity contribution in [3.05, 3.63) is 64.1 Å². The van der Waals surface area contributed by atoms with Gasteiger partial charge < -0.3 is 15.5 Å². The second-order valence-corrected chi connectivity index (χ2v) is 10.4. The zero-order chi connectivity index (χ0) is 24.6. The zero-order valence-corrected chi connectivity index (χ0v) is 21.2. The lowest BCUT2D eigenvalue weighted by atomic mass is 9.84. The lowest BCUT2D eigenvalue weighted by Gasteiger charge is -2.26. The fraction of sp³-hybridized carbons (Fsp3) is 0.400. The van der Waals surface area contributed by atoms with E-state index in [1.165, 1.54) is 30.6 Å². The van der Waals surface area contributed by atoms with Crippen molar-refractivity contribution in [3.63, 3.8) is 0 Å². The van der Waals surface area contributed by atoms with Crippen LogP contribution in [0.2, 0.25) is 5.02 Å². The van der Waals surface area contributed by atoms with Crippen molar-refractivity contribution in [2.75, 3.05) is 17.3 Å². The molecule has 0 aromatic carbocycles. The Morgan fingerprint density at radius 1 is 1.14 bits per heavy atom. The fourth-order valence-corrected chi connectivity index (χ4v) is 5.32. The Morgan fingerprint density at radius 2 is 1.91 bits per heavy atom. The lowest BCUT2D eigenvalue weighted by molar-refractivity contribution is -0.118. The van der Waals surface area contributed by atoms with Crippen molar-refractivity contribution < 1.29 is 9.59 Å². The number of nitrogens with one attached hydrogen (secondary N) is 2. The third-order valence-electron chi connectivity index (χ3n) is 6.14. The highest BCUT2D eigenvalue weighted by Crippen LogP contribution is 2.28. The van der Waals surface area contributed by atoms with Gasteiger partial charge in [-0.25, -0.2) is 4.98 Å². The Morgan fingerprint density at radius 3 is 2.66 bits per heavy atom. The summed E-state index contributed by atoms with van der Waals surface area (Å²) in [7, 11) is 1.91. The summed E-state index contributed by atoms with van der Waals surface area (Å²) in [5, 5.41) is 7.22. The molecule has 4 rings (SSSR count). The molecule has 3 heterocycles. The SMILES string of the molecule is CN(Cc1ncc(C(=O)NC(CC2CCCCC2)C(=O)Nc2ccncc2)s1)c1cncc(Cl)c1. The maximum absolute atomic E-state index is 13.1. The van der Waals surface area contributed by atoms with Crippen molar-refractivity contribution >= 4 is 46.1 Å². The Balaban J connectivity index is 1.42.